The molecule has 176 valence electrons. The lowest BCUT2D eigenvalue weighted by Gasteiger charge is -2.33. The first kappa shape index (κ1) is 23.3. The van der Waals surface area contributed by atoms with Crippen LogP contribution in [0.4, 0.5) is 4.79 Å². The van der Waals surface area contributed by atoms with E-state index in [0.29, 0.717) is 10.7 Å². The predicted molar refractivity (Wildman–Crippen MR) is 122 cm³/mol. The zero-order valence-electron chi connectivity index (χ0n) is 19.1. The van der Waals surface area contributed by atoms with Crippen molar-refractivity contribution in [3.8, 4) is 0 Å². The molecule has 0 radical (unpaired) electrons. The van der Waals surface area contributed by atoms with Crippen LogP contribution < -0.4 is 0 Å². The molecule has 33 heavy (non-hydrogen) atoms. The van der Waals surface area contributed by atoms with Crippen LogP contribution in [0, 0.1) is 0 Å². The number of fused-ring (bicyclic) bond motifs is 1. The van der Waals surface area contributed by atoms with Gasteiger partial charge in [0.1, 0.15) is 5.60 Å². The Bertz CT molecular complexity index is 1100. The number of nitrogens with zero attached hydrogens (tertiary/aromatic N) is 2. The minimum atomic E-state index is -4.32. The van der Waals surface area contributed by atoms with Crippen molar-refractivity contribution in [2.24, 2.45) is 0 Å². The Kier molecular flexibility index (Phi) is 5.74. The fraction of sp³-hybridized carbons (Fsp3) is 0.417. The molecule has 2 aliphatic rings. The van der Waals surface area contributed by atoms with Crippen LogP contribution in [0.2, 0.25) is 0 Å². The predicted octanol–water partition coefficient (Wildman–Crippen LogP) is 3.08. The van der Waals surface area contributed by atoms with Gasteiger partial charge in [-0.3, -0.25) is 0 Å². The standard InChI is InChI=1S/C24H28N2O6S/c1-23(2,3)32-21(27)20-19-15-24(17-11-7-5-8-12-17,18-13-9-6-10-14-18)16-25(19)33(29,30)26(20)22(28)31-4/h5-14,19-20H,15-16H2,1-4H3/t19-,20+/m0/s1. The lowest BCUT2D eigenvalue weighted by Crippen LogP contribution is -2.50. The number of rotatable bonds is 3. The average Bonchev–Trinajstić information content (AvgIpc) is 3.27. The first-order valence-electron chi connectivity index (χ1n) is 10.7. The average molecular weight is 473 g/mol. The normalized spacial score (nSPS) is 23.7. The van der Waals surface area contributed by atoms with Crippen LogP contribution in [0.25, 0.3) is 0 Å². The van der Waals surface area contributed by atoms with Crippen LogP contribution in [-0.2, 0) is 29.9 Å². The van der Waals surface area contributed by atoms with Crippen molar-refractivity contribution < 1.29 is 27.5 Å². The van der Waals surface area contributed by atoms with E-state index in [1.54, 1.807) is 20.8 Å². The van der Waals surface area contributed by atoms with Crippen LogP contribution in [-0.4, -0.2) is 60.4 Å². The van der Waals surface area contributed by atoms with E-state index < -0.39 is 45.4 Å². The molecule has 0 aliphatic carbocycles. The van der Waals surface area contributed by atoms with E-state index in [4.69, 9.17) is 9.47 Å². The first-order valence-corrected chi connectivity index (χ1v) is 12.1. The largest absolute Gasteiger partial charge is 0.458 e. The molecule has 9 heteroatoms. The van der Waals surface area contributed by atoms with E-state index in [0.717, 1.165) is 18.2 Å². The number of benzene rings is 2. The van der Waals surface area contributed by atoms with Gasteiger partial charge in [0.15, 0.2) is 6.04 Å². The maximum Gasteiger partial charge on any atom is 0.425 e. The van der Waals surface area contributed by atoms with Gasteiger partial charge in [0.2, 0.25) is 0 Å². The molecule has 2 saturated heterocycles. The fourth-order valence-electron chi connectivity index (χ4n) is 4.85. The van der Waals surface area contributed by atoms with Gasteiger partial charge in [-0.2, -0.15) is 17.0 Å². The molecule has 2 aromatic carbocycles. The molecule has 0 saturated carbocycles. The van der Waals surface area contributed by atoms with Gasteiger partial charge in [0, 0.05) is 12.0 Å². The molecule has 2 aromatic rings. The smallest absolute Gasteiger partial charge is 0.425 e. The molecule has 8 nitrogen and oxygen atoms in total. The molecule has 4 rings (SSSR count). The Balaban J connectivity index is 1.86. The topological polar surface area (TPSA) is 93.2 Å². The van der Waals surface area contributed by atoms with E-state index in [2.05, 4.69) is 0 Å². The van der Waals surface area contributed by atoms with E-state index >= 15 is 0 Å². The second-order valence-electron chi connectivity index (χ2n) is 9.38. The summed E-state index contributed by atoms with van der Waals surface area (Å²) in [6, 6.07) is 17.1. The third kappa shape index (κ3) is 3.89. The summed E-state index contributed by atoms with van der Waals surface area (Å²) in [5, 5.41) is 0. The summed E-state index contributed by atoms with van der Waals surface area (Å²) in [5.74, 6) is -0.777. The van der Waals surface area contributed by atoms with Gasteiger partial charge in [-0.15, -0.1) is 0 Å². The Morgan fingerprint density at radius 3 is 1.94 bits per heavy atom. The number of esters is 1. The molecule has 2 heterocycles. The van der Waals surface area contributed by atoms with Crippen molar-refractivity contribution >= 4 is 22.3 Å². The van der Waals surface area contributed by atoms with Gasteiger partial charge in [0.25, 0.3) is 0 Å². The number of hydrogen-bond donors (Lipinski definition) is 0. The van der Waals surface area contributed by atoms with Crippen molar-refractivity contribution in [1.82, 2.24) is 8.61 Å². The van der Waals surface area contributed by atoms with Gasteiger partial charge in [-0.25, -0.2) is 9.59 Å². The number of hydrogen-bond acceptors (Lipinski definition) is 6. The lowest BCUT2D eigenvalue weighted by atomic mass is 9.72. The third-order valence-electron chi connectivity index (χ3n) is 6.17. The third-order valence-corrected chi connectivity index (χ3v) is 8.04. The van der Waals surface area contributed by atoms with Gasteiger partial charge in [-0.1, -0.05) is 60.7 Å². The Morgan fingerprint density at radius 1 is 0.970 bits per heavy atom. The Morgan fingerprint density at radius 2 is 1.48 bits per heavy atom. The van der Waals surface area contributed by atoms with E-state index in [1.807, 2.05) is 60.7 Å². The molecule has 0 aromatic heterocycles. The minimum Gasteiger partial charge on any atom is -0.458 e. The lowest BCUT2D eigenvalue weighted by molar-refractivity contribution is -0.159. The van der Waals surface area contributed by atoms with Crippen LogP contribution in [0.1, 0.15) is 38.3 Å². The van der Waals surface area contributed by atoms with Crippen LogP contribution >= 0.6 is 0 Å². The van der Waals surface area contributed by atoms with Gasteiger partial charge >= 0.3 is 22.3 Å². The number of methoxy groups -OCH3 is 1. The highest BCUT2D eigenvalue weighted by atomic mass is 32.2. The van der Waals surface area contributed by atoms with Crippen molar-refractivity contribution in [3.05, 3.63) is 71.8 Å². The second kappa shape index (κ2) is 8.14. The van der Waals surface area contributed by atoms with Crippen molar-refractivity contribution in [3.63, 3.8) is 0 Å². The summed E-state index contributed by atoms with van der Waals surface area (Å²) in [4.78, 5) is 25.8. The van der Waals surface area contributed by atoms with Gasteiger partial charge < -0.3 is 9.47 Å². The molecule has 0 N–H and O–H groups in total. The molecular weight excluding hydrogens is 444 g/mol. The maximum absolute atomic E-state index is 13.5. The summed E-state index contributed by atoms with van der Waals surface area (Å²) < 4.78 is 39.2. The number of amides is 1. The quantitative estimate of drug-likeness (QED) is 0.638. The Labute approximate surface area is 194 Å². The number of ether oxygens (including phenoxy) is 2. The van der Waals surface area contributed by atoms with Crippen molar-refractivity contribution in [2.75, 3.05) is 13.7 Å². The molecule has 2 fully saturated rings. The van der Waals surface area contributed by atoms with Gasteiger partial charge in [-0.05, 0) is 38.3 Å². The summed E-state index contributed by atoms with van der Waals surface area (Å²) in [7, 11) is -3.23. The van der Waals surface area contributed by atoms with E-state index in [-0.39, 0.29) is 6.54 Å². The highest BCUT2D eigenvalue weighted by molar-refractivity contribution is 7.87. The maximum atomic E-state index is 13.5. The van der Waals surface area contributed by atoms with E-state index in [9.17, 15) is 18.0 Å². The summed E-state index contributed by atoms with van der Waals surface area (Å²) in [5.41, 5.74) is 0.328. The molecule has 2 aliphatic heterocycles. The monoisotopic (exact) mass is 472 g/mol. The SMILES string of the molecule is COC(=O)N1[C@@H](C(=O)OC(C)(C)C)[C@@H]2CC(c3ccccc3)(c3ccccc3)CN2S1(=O)=O. The molecule has 0 spiro atoms. The highest BCUT2D eigenvalue weighted by Gasteiger charge is 2.65. The minimum absolute atomic E-state index is 0.0841. The first-order chi connectivity index (χ1) is 15.5. The summed E-state index contributed by atoms with van der Waals surface area (Å²) >= 11 is 0. The van der Waals surface area contributed by atoms with Crippen molar-refractivity contribution in [2.45, 2.75) is 50.3 Å². The summed E-state index contributed by atoms with van der Waals surface area (Å²) in [6.07, 6.45) is -0.803. The fourth-order valence-corrected chi connectivity index (χ4v) is 6.77. The highest BCUT2D eigenvalue weighted by Crippen LogP contribution is 2.50. The number of carbonyl (C=O) groups excluding carboxylic acids is 2. The van der Waals surface area contributed by atoms with Crippen LogP contribution in [0.15, 0.2) is 60.7 Å². The second-order valence-corrected chi connectivity index (χ2v) is 11.1. The Hall–Kier alpha value is -2.91. The van der Waals surface area contributed by atoms with Crippen molar-refractivity contribution in [1.29, 1.82) is 0 Å². The van der Waals surface area contributed by atoms with Crippen LogP contribution in [0.3, 0.4) is 0 Å². The molecule has 2 atom stereocenters. The van der Waals surface area contributed by atoms with Crippen LogP contribution in [0.5, 0.6) is 0 Å². The molecule has 0 unspecified atom stereocenters. The molecule has 0 bridgehead atoms. The zero-order valence-corrected chi connectivity index (χ0v) is 19.9. The van der Waals surface area contributed by atoms with Gasteiger partial charge in [0.05, 0.1) is 13.2 Å². The summed E-state index contributed by atoms with van der Waals surface area (Å²) in [6.45, 7) is 5.17. The molecule has 1 amide bonds. The zero-order chi connectivity index (χ0) is 24.0. The van der Waals surface area contributed by atoms with E-state index in [1.165, 1.54) is 4.31 Å². The molecular formula is C24H28N2O6S. The number of carbonyl (C=O) groups is 2.